The Morgan fingerprint density at radius 3 is 2.24 bits per heavy atom. The monoisotopic (exact) mass is 314 g/mol. The third-order valence-electron chi connectivity index (χ3n) is 4.04. The highest BCUT2D eigenvalue weighted by Crippen LogP contribution is 2.40. The first-order valence-electron chi connectivity index (χ1n) is 6.03. The first-order chi connectivity index (χ1) is 7.56. The van der Waals surface area contributed by atoms with Crippen molar-refractivity contribution in [3.63, 3.8) is 0 Å². The van der Waals surface area contributed by atoms with Gasteiger partial charge in [0.15, 0.2) is 8.32 Å². The highest BCUT2D eigenvalue weighted by atomic mass is 79.9. The molecule has 0 saturated heterocycles. The van der Waals surface area contributed by atoms with Crippen molar-refractivity contribution in [3.8, 4) is 0 Å². The second-order valence-electron chi connectivity index (χ2n) is 6.09. The Labute approximate surface area is 115 Å². The molecule has 0 aliphatic rings. The van der Waals surface area contributed by atoms with Crippen LogP contribution >= 0.6 is 15.9 Å². The van der Waals surface area contributed by atoms with E-state index in [1.165, 1.54) is 16.7 Å². The molecule has 0 bridgehead atoms. The molecule has 1 aromatic carbocycles. The SMILES string of the molecule is Cc1ccc(Br)c(C)c1CC(C)(C)[Si](C)(C)O. The topological polar surface area (TPSA) is 20.2 Å². The van der Waals surface area contributed by atoms with Crippen LogP contribution in [0.3, 0.4) is 0 Å². The molecule has 1 aromatic rings. The molecule has 0 unspecified atom stereocenters. The average molecular weight is 315 g/mol. The van der Waals surface area contributed by atoms with Crippen molar-refractivity contribution < 1.29 is 4.80 Å². The lowest BCUT2D eigenvalue weighted by Gasteiger charge is -2.36. The summed E-state index contributed by atoms with van der Waals surface area (Å²) in [5, 5.41) is -0.0106. The Morgan fingerprint density at radius 1 is 1.24 bits per heavy atom. The van der Waals surface area contributed by atoms with Crippen LogP contribution in [0.15, 0.2) is 16.6 Å². The predicted molar refractivity (Wildman–Crippen MR) is 81.1 cm³/mol. The van der Waals surface area contributed by atoms with E-state index in [0.717, 1.165) is 10.9 Å². The number of hydrogen-bond acceptors (Lipinski definition) is 1. The second-order valence-corrected chi connectivity index (χ2v) is 11.4. The van der Waals surface area contributed by atoms with Crippen molar-refractivity contribution in [2.45, 2.75) is 52.2 Å². The molecule has 0 heterocycles. The van der Waals surface area contributed by atoms with Gasteiger partial charge in [0.05, 0.1) is 0 Å². The minimum atomic E-state index is -2.15. The molecule has 0 aliphatic heterocycles. The minimum absolute atomic E-state index is 0.0106. The molecule has 0 fully saturated rings. The summed E-state index contributed by atoms with van der Waals surface area (Å²) in [4.78, 5) is 10.4. The summed E-state index contributed by atoms with van der Waals surface area (Å²) in [7, 11) is -2.15. The van der Waals surface area contributed by atoms with Gasteiger partial charge in [0.1, 0.15) is 0 Å². The molecule has 17 heavy (non-hydrogen) atoms. The standard InChI is InChI=1S/C14H23BrOSi/c1-10-7-8-13(15)11(2)12(10)9-14(3,4)17(5,6)16/h7-8,16H,9H2,1-6H3. The Bertz CT molecular complexity index is 419. The van der Waals surface area contributed by atoms with Crippen LogP contribution in [0.5, 0.6) is 0 Å². The van der Waals surface area contributed by atoms with E-state index in [1.54, 1.807) is 0 Å². The molecule has 0 aromatic heterocycles. The lowest BCUT2D eigenvalue weighted by Crippen LogP contribution is -2.40. The third-order valence-corrected chi connectivity index (χ3v) is 8.39. The maximum Gasteiger partial charge on any atom is 0.188 e. The van der Waals surface area contributed by atoms with Crippen LogP contribution in [-0.2, 0) is 6.42 Å². The molecule has 1 rings (SSSR count). The molecule has 0 saturated carbocycles. The molecular weight excluding hydrogens is 292 g/mol. The molecule has 0 amide bonds. The largest absolute Gasteiger partial charge is 0.432 e. The van der Waals surface area contributed by atoms with Gasteiger partial charge >= 0.3 is 0 Å². The van der Waals surface area contributed by atoms with E-state index >= 15 is 0 Å². The minimum Gasteiger partial charge on any atom is -0.432 e. The number of halogens is 1. The fraction of sp³-hybridized carbons (Fsp3) is 0.571. The quantitative estimate of drug-likeness (QED) is 0.809. The summed E-state index contributed by atoms with van der Waals surface area (Å²) in [5.74, 6) is 0. The highest BCUT2D eigenvalue weighted by molar-refractivity contribution is 9.10. The maximum atomic E-state index is 10.4. The van der Waals surface area contributed by atoms with Gasteiger partial charge in [-0.1, -0.05) is 35.8 Å². The fourth-order valence-corrected chi connectivity index (χ4v) is 2.77. The van der Waals surface area contributed by atoms with Crippen molar-refractivity contribution in [1.29, 1.82) is 0 Å². The van der Waals surface area contributed by atoms with Gasteiger partial charge in [-0.25, -0.2) is 0 Å². The molecule has 1 N–H and O–H groups in total. The molecule has 0 aliphatic carbocycles. The van der Waals surface area contributed by atoms with E-state index in [9.17, 15) is 4.80 Å². The lowest BCUT2D eigenvalue weighted by atomic mass is 9.94. The number of hydrogen-bond donors (Lipinski definition) is 1. The number of aryl methyl sites for hydroxylation is 1. The molecule has 0 atom stereocenters. The summed E-state index contributed by atoms with van der Waals surface area (Å²) in [6, 6.07) is 4.25. The van der Waals surface area contributed by atoms with E-state index in [-0.39, 0.29) is 5.04 Å². The van der Waals surface area contributed by atoms with Crippen molar-refractivity contribution in [3.05, 3.63) is 33.3 Å². The van der Waals surface area contributed by atoms with Crippen molar-refractivity contribution in [2.24, 2.45) is 0 Å². The van der Waals surface area contributed by atoms with Crippen LogP contribution < -0.4 is 0 Å². The van der Waals surface area contributed by atoms with Gasteiger partial charge in [-0.3, -0.25) is 0 Å². The van der Waals surface area contributed by atoms with Gasteiger partial charge in [-0.05, 0) is 61.2 Å². The summed E-state index contributed by atoms with van der Waals surface area (Å²) >= 11 is 3.59. The van der Waals surface area contributed by atoms with E-state index in [1.807, 2.05) is 13.1 Å². The van der Waals surface area contributed by atoms with Gasteiger partial charge in [-0.2, -0.15) is 0 Å². The van der Waals surface area contributed by atoms with Crippen LogP contribution in [0.1, 0.15) is 30.5 Å². The van der Waals surface area contributed by atoms with Gasteiger partial charge < -0.3 is 4.80 Å². The van der Waals surface area contributed by atoms with Gasteiger partial charge in [-0.15, -0.1) is 0 Å². The Balaban J connectivity index is 3.16. The van der Waals surface area contributed by atoms with E-state index < -0.39 is 8.32 Å². The van der Waals surface area contributed by atoms with Crippen molar-refractivity contribution >= 4 is 24.2 Å². The second kappa shape index (κ2) is 4.86. The van der Waals surface area contributed by atoms with E-state index in [2.05, 4.69) is 55.8 Å². The zero-order valence-corrected chi connectivity index (χ0v) is 14.3. The Hall–Kier alpha value is -0.123. The third kappa shape index (κ3) is 3.21. The average Bonchev–Trinajstić information content (AvgIpc) is 2.17. The van der Waals surface area contributed by atoms with Crippen LogP contribution in [0, 0.1) is 13.8 Å². The van der Waals surface area contributed by atoms with Crippen LogP contribution in [0.4, 0.5) is 0 Å². The number of benzene rings is 1. The van der Waals surface area contributed by atoms with Crippen molar-refractivity contribution in [1.82, 2.24) is 0 Å². The molecule has 96 valence electrons. The van der Waals surface area contributed by atoms with Crippen LogP contribution in [0.2, 0.25) is 18.1 Å². The summed E-state index contributed by atoms with van der Waals surface area (Å²) in [5.41, 5.74) is 3.99. The van der Waals surface area contributed by atoms with Gasteiger partial charge in [0.2, 0.25) is 0 Å². The van der Waals surface area contributed by atoms with E-state index in [0.29, 0.717) is 0 Å². The Kier molecular flexibility index (Phi) is 4.27. The molecule has 1 nitrogen and oxygen atoms in total. The fourth-order valence-electron chi connectivity index (χ4n) is 1.79. The van der Waals surface area contributed by atoms with E-state index in [4.69, 9.17) is 0 Å². The first kappa shape index (κ1) is 14.9. The highest BCUT2D eigenvalue weighted by Gasteiger charge is 2.38. The smallest absolute Gasteiger partial charge is 0.188 e. The first-order valence-corrected chi connectivity index (χ1v) is 9.77. The van der Waals surface area contributed by atoms with Crippen molar-refractivity contribution in [2.75, 3.05) is 0 Å². The van der Waals surface area contributed by atoms with Gasteiger partial charge in [0.25, 0.3) is 0 Å². The summed E-state index contributed by atoms with van der Waals surface area (Å²) < 4.78 is 1.16. The predicted octanol–water partition coefficient (Wildman–Crippen LogP) is 4.59. The molecular formula is C14H23BrOSi. The summed E-state index contributed by atoms with van der Waals surface area (Å²) in [6.07, 6.45) is 0.944. The lowest BCUT2D eigenvalue weighted by molar-refractivity contribution is 0.466. The molecule has 3 heteroatoms. The number of rotatable bonds is 3. The van der Waals surface area contributed by atoms with Gasteiger partial charge in [0, 0.05) is 4.47 Å². The zero-order chi connectivity index (χ0) is 13.4. The summed E-state index contributed by atoms with van der Waals surface area (Å²) in [6.45, 7) is 12.7. The zero-order valence-electron chi connectivity index (χ0n) is 11.7. The molecule has 0 spiro atoms. The Morgan fingerprint density at radius 2 is 1.76 bits per heavy atom. The maximum absolute atomic E-state index is 10.4. The van der Waals surface area contributed by atoms with Crippen LogP contribution in [-0.4, -0.2) is 13.1 Å². The normalized spacial score (nSPS) is 12.9. The molecule has 0 radical (unpaired) electrons. The van der Waals surface area contributed by atoms with Crippen LogP contribution in [0.25, 0.3) is 0 Å².